The van der Waals surface area contributed by atoms with Crippen LogP contribution in [0.25, 0.3) is 11.5 Å². The molecule has 3 aromatic heterocycles. The van der Waals surface area contributed by atoms with Gasteiger partial charge in [-0.3, -0.25) is 9.67 Å². The highest BCUT2D eigenvalue weighted by Gasteiger charge is 2.25. The first-order valence-corrected chi connectivity index (χ1v) is 9.74. The smallest absolute Gasteiger partial charge is 0.182 e. The van der Waals surface area contributed by atoms with Crippen LogP contribution in [0.4, 0.5) is 15.9 Å². The molecule has 2 N–H and O–H groups in total. The number of rotatable bonds is 5. The van der Waals surface area contributed by atoms with Crippen LogP contribution in [0.2, 0.25) is 0 Å². The molecule has 30 heavy (non-hydrogen) atoms. The highest BCUT2D eigenvalue weighted by atomic mass is 19.1. The zero-order chi connectivity index (χ0) is 20.5. The van der Waals surface area contributed by atoms with Crippen LogP contribution in [0.3, 0.4) is 0 Å². The van der Waals surface area contributed by atoms with E-state index in [9.17, 15) is 9.50 Å². The van der Waals surface area contributed by atoms with Crippen molar-refractivity contribution in [1.29, 1.82) is 0 Å². The third kappa shape index (κ3) is 3.36. The fourth-order valence-electron chi connectivity index (χ4n) is 3.76. The number of aromatic hydroxyl groups is 1. The Labute approximate surface area is 172 Å². The van der Waals surface area contributed by atoms with E-state index in [0.29, 0.717) is 29.4 Å². The SMILES string of the molecule is Oc1cnc(-c2nn(Cc3ccccc3F)c3c2CCC3)nc1Nc1ccncc1. The monoisotopic (exact) mass is 402 g/mol. The Bertz CT molecular complexity index is 1210. The van der Waals surface area contributed by atoms with E-state index < -0.39 is 0 Å². The molecule has 0 bridgehead atoms. The van der Waals surface area contributed by atoms with E-state index in [2.05, 4.69) is 20.3 Å². The van der Waals surface area contributed by atoms with Crippen LogP contribution < -0.4 is 5.32 Å². The highest BCUT2D eigenvalue weighted by Crippen LogP contribution is 2.33. The van der Waals surface area contributed by atoms with Crippen LogP contribution >= 0.6 is 0 Å². The normalized spacial score (nSPS) is 12.7. The molecule has 3 heterocycles. The number of anilines is 2. The van der Waals surface area contributed by atoms with Crippen molar-refractivity contribution in [3.8, 4) is 17.3 Å². The fourth-order valence-corrected chi connectivity index (χ4v) is 3.76. The molecule has 7 nitrogen and oxygen atoms in total. The standard InChI is InChI=1S/C22H19FN6O/c23-17-6-2-1-4-14(17)13-29-18-7-3-5-16(18)20(28-29)22-25-12-19(30)21(27-22)26-15-8-10-24-11-9-15/h1-2,4,6,8-12,30H,3,5,7,13H2,(H,24,25,26,27). The number of nitrogens with zero attached hydrogens (tertiary/aromatic N) is 5. The summed E-state index contributed by atoms with van der Waals surface area (Å²) in [7, 11) is 0. The molecule has 0 saturated carbocycles. The summed E-state index contributed by atoms with van der Waals surface area (Å²) in [5.74, 6) is 0.417. The number of halogens is 1. The third-order valence-corrected chi connectivity index (χ3v) is 5.21. The van der Waals surface area contributed by atoms with Gasteiger partial charge in [0.2, 0.25) is 0 Å². The molecular weight excluding hydrogens is 383 g/mol. The Kier molecular flexibility index (Phi) is 4.59. The van der Waals surface area contributed by atoms with E-state index in [1.807, 2.05) is 10.7 Å². The van der Waals surface area contributed by atoms with Gasteiger partial charge < -0.3 is 10.4 Å². The summed E-state index contributed by atoms with van der Waals surface area (Å²) in [6.45, 7) is 0.356. The first kappa shape index (κ1) is 18.2. The number of hydrogen-bond acceptors (Lipinski definition) is 6. The topological polar surface area (TPSA) is 88.8 Å². The van der Waals surface area contributed by atoms with Crippen molar-refractivity contribution in [2.45, 2.75) is 25.8 Å². The Morgan fingerprint density at radius 2 is 1.93 bits per heavy atom. The molecule has 0 aliphatic heterocycles. The molecule has 1 aliphatic rings. The molecule has 0 unspecified atom stereocenters. The maximum atomic E-state index is 14.2. The maximum absolute atomic E-state index is 14.2. The number of pyridine rings is 1. The molecule has 5 rings (SSSR count). The van der Waals surface area contributed by atoms with Gasteiger partial charge in [-0.1, -0.05) is 18.2 Å². The van der Waals surface area contributed by atoms with Gasteiger partial charge in [0.1, 0.15) is 11.5 Å². The maximum Gasteiger partial charge on any atom is 0.182 e. The van der Waals surface area contributed by atoms with Crippen molar-refractivity contribution in [2.24, 2.45) is 0 Å². The van der Waals surface area contributed by atoms with Crippen molar-refractivity contribution in [3.63, 3.8) is 0 Å². The molecule has 0 radical (unpaired) electrons. The Morgan fingerprint density at radius 1 is 1.10 bits per heavy atom. The molecule has 0 amide bonds. The van der Waals surface area contributed by atoms with Crippen LogP contribution in [-0.4, -0.2) is 29.8 Å². The number of aromatic nitrogens is 5. The first-order chi connectivity index (χ1) is 14.7. The van der Waals surface area contributed by atoms with Crippen LogP contribution in [0.1, 0.15) is 23.2 Å². The molecule has 0 fully saturated rings. The van der Waals surface area contributed by atoms with Gasteiger partial charge in [-0.25, -0.2) is 14.4 Å². The van der Waals surface area contributed by atoms with Crippen molar-refractivity contribution >= 4 is 11.5 Å². The van der Waals surface area contributed by atoms with Crippen LogP contribution in [0.5, 0.6) is 5.75 Å². The van der Waals surface area contributed by atoms with Crippen LogP contribution in [-0.2, 0) is 19.4 Å². The Hall–Kier alpha value is -3.81. The predicted molar refractivity (Wildman–Crippen MR) is 110 cm³/mol. The van der Waals surface area contributed by atoms with Gasteiger partial charge in [-0.15, -0.1) is 0 Å². The fraction of sp³-hybridized carbons (Fsp3) is 0.182. The second-order valence-corrected chi connectivity index (χ2v) is 7.16. The summed E-state index contributed by atoms with van der Waals surface area (Å²) < 4.78 is 16.0. The lowest BCUT2D eigenvalue weighted by atomic mass is 10.2. The van der Waals surface area contributed by atoms with Gasteiger partial charge in [0.15, 0.2) is 17.4 Å². The quantitative estimate of drug-likeness (QED) is 0.527. The largest absolute Gasteiger partial charge is 0.503 e. The van der Waals surface area contributed by atoms with E-state index in [4.69, 9.17) is 5.10 Å². The summed E-state index contributed by atoms with van der Waals surface area (Å²) in [5, 5.41) is 18.0. The van der Waals surface area contributed by atoms with Crippen LogP contribution in [0.15, 0.2) is 55.0 Å². The zero-order valence-corrected chi connectivity index (χ0v) is 16.1. The molecule has 1 aliphatic carbocycles. The summed E-state index contributed by atoms with van der Waals surface area (Å²) in [5.41, 5.74) is 4.20. The average Bonchev–Trinajstić information content (AvgIpc) is 3.36. The summed E-state index contributed by atoms with van der Waals surface area (Å²) in [4.78, 5) is 12.8. The van der Waals surface area contributed by atoms with E-state index >= 15 is 0 Å². The Morgan fingerprint density at radius 3 is 2.77 bits per heavy atom. The minimum atomic E-state index is -0.244. The second-order valence-electron chi connectivity index (χ2n) is 7.16. The lowest BCUT2D eigenvalue weighted by Crippen LogP contribution is -2.07. The van der Waals surface area contributed by atoms with Gasteiger partial charge in [0, 0.05) is 34.9 Å². The van der Waals surface area contributed by atoms with Crippen LogP contribution in [0, 0.1) is 5.82 Å². The lowest BCUT2D eigenvalue weighted by molar-refractivity contribution is 0.472. The molecule has 0 spiro atoms. The first-order valence-electron chi connectivity index (χ1n) is 9.74. The number of hydrogen-bond donors (Lipinski definition) is 2. The van der Waals surface area contributed by atoms with Gasteiger partial charge in [-0.2, -0.15) is 5.10 Å². The predicted octanol–water partition coefficient (Wildman–Crippen LogP) is 3.86. The molecule has 0 saturated heterocycles. The summed E-state index contributed by atoms with van der Waals surface area (Å²) >= 11 is 0. The molecule has 1 aromatic carbocycles. The number of fused-ring (bicyclic) bond motifs is 1. The second kappa shape index (κ2) is 7.55. The average molecular weight is 402 g/mol. The van der Waals surface area contributed by atoms with Gasteiger partial charge in [-0.05, 0) is 37.5 Å². The summed E-state index contributed by atoms with van der Waals surface area (Å²) in [6.07, 6.45) is 7.44. The third-order valence-electron chi connectivity index (χ3n) is 5.21. The molecule has 0 atom stereocenters. The van der Waals surface area contributed by atoms with Gasteiger partial charge >= 0.3 is 0 Å². The Balaban J connectivity index is 1.52. The van der Waals surface area contributed by atoms with Crippen molar-refractivity contribution < 1.29 is 9.50 Å². The van der Waals surface area contributed by atoms with Crippen molar-refractivity contribution in [2.75, 3.05) is 5.32 Å². The van der Waals surface area contributed by atoms with E-state index in [1.165, 1.54) is 12.3 Å². The van der Waals surface area contributed by atoms with E-state index in [-0.39, 0.29) is 11.6 Å². The number of nitrogens with one attached hydrogen (secondary N) is 1. The number of benzene rings is 1. The van der Waals surface area contributed by atoms with Crippen molar-refractivity contribution in [1.82, 2.24) is 24.7 Å². The lowest BCUT2D eigenvalue weighted by Gasteiger charge is -2.08. The van der Waals surface area contributed by atoms with Crippen molar-refractivity contribution in [3.05, 3.63) is 77.6 Å². The van der Waals surface area contributed by atoms with Gasteiger partial charge in [0.05, 0.1) is 12.7 Å². The minimum absolute atomic E-state index is 0.0574. The molecule has 8 heteroatoms. The molecule has 4 aromatic rings. The summed E-state index contributed by atoms with van der Waals surface area (Å²) in [6, 6.07) is 10.3. The highest BCUT2D eigenvalue weighted by molar-refractivity contribution is 5.65. The zero-order valence-electron chi connectivity index (χ0n) is 16.1. The van der Waals surface area contributed by atoms with E-state index in [1.54, 1.807) is 36.7 Å². The minimum Gasteiger partial charge on any atom is -0.503 e. The van der Waals surface area contributed by atoms with Gasteiger partial charge in [0.25, 0.3) is 0 Å². The van der Waals surface area contributed by atoms with E-state index in [0.717, 1.165) is 36.2 Å². The molecule has 150 valence electrons. The molecular formula is C22H19FN6O.